The fourth-order valence-corrected chi connectivity index (χ4v) is 3.51. The molecule has 0 radical (unpaired) electrons. The number of thioether (sulfide) groups is 1. The molecule has 1 aromatic rings. The minimum Gasteiger partial charge on any atom is -0.353 e. The number of H-pyrrole nitrogens is 1. The van der Waals surface area contributed by atoms with E-state index in [1.807, 2.05) is 0 Å². The summed E-state index contributed by atoms with van der Waals surface area (Å²) in [5.41, 5.74) is 0. The fraction of sp³-hybridized carbons (Fsp3) is 0.846. The minimum atomic E-state index is 0.185. The maximum Gasteiger partial charge on any atom is 0.221 e. The summed E-state index contributed by atoms with van der Waals surface area (Å²) in [6, 6.07) is 0.399. The summed E-state index contributed by atoms with van der Waals surface area (Å²) >= 11 is 1.72. The van der Waals surface area contributed by atoms with E-state index in [0.29, 0.717) is 29.3 Å². The molecule has 1 aromatic heterocycles. The molecule has 20 heavy (non-hydrogen) atoms. The molecule has 2 N–H and O–H groups in total. The van der Waals surface area contributed by atoms with Crippen molar-refractivity contribution < 1.29 is 4.79 Å². The lowest BCUT2D eigenvalue weighted by Gasteiger charge is -2.23. The molecule has 1 fully saturated rings. The van der Waals surface area contributed by atoms with Crippen molar-refractivity contribution in [1.29, 1.82) is 0 Å². The van der Waals surface area contributed by atoms with E-state index in [9.17, 15) is 4.79 Å². The minimum absolute atomic E-state index is 0.185. The van der Waals surface area contributed by atoms with Gasteiger partial charge in [-0.3, -0.25) is 4.79 Å². The van der Waals surface area contributed by atoms with Crippen LogP contribution in [-0.4, -0.2) is 37.8 Å². The Morgan fingerprint density at radius 1 is 1.45 bits per heavy atom. The van der Waals surface area contributed by atoms with Gasteiger partial charge in [-0.05, 0) is 19.3 Å². The highest BCUT2D eigenvalue weighted by atomic mass is 32.2. The van der Waals surface area contributed by atoms with Crippen molar-refractivity contribution in [3.05, 3.63) is 5.82 Å². The van der Waals surface area contributed by atoms with Crippen LogP contribution in [0.25, 0.3) is 0 Å². The molecule has 1 aliphatic rings. The monoisotopic (exact) mass is 297 g/mol. The van der Waals surface area contributed by atoms with Crippen LogP contribution in [0.3, 0.4) is 0 Å². The number of rotatable bonds is 7. The van der Waals surface area contributed by atoms with E-state index in [1.165, 1.54) is 19.3 Å². The first kappa shape index (κ1) is 15.3. The first-order valence-electron chi connectivity index (χ1n) is 7.41. The van der Waals surface area contributed by atoms with Gasteiger partial charge in [-0.2, -0.15) is 5.21 Å². The van der Waals surface area contributed by atoms with E-state index in [4.69, 9.17) is 0 Å². The predicted molar refractivity (Wildman–Crippen MR) is 79.2 cm³/mol. The first-order chi connectivity index (χ1) is 9.78. The lowest BCUT2D eigenvalue weighted by molar-refractivity contribution is -0.122. The number of nitrogens with one attached hydrogen (secondary N) is 2. The van der Waals surface area contributed by atoms with Crippen molar-refractivity contribution in [2.24, 2.45) is 0 Å². The van der Waals surface area contributed by atoms with Gasteiger partial charge in [0.25, 0.3) is 0 Å². The van der Waals surface area contributed by atoms with Gasteiger partial charge in [-0.25, -0.2) is 0 Å². The van der Waals surface area contributed by atoms with Gasteiger partial charge in [0.2, 0.25) is 5.91 Å². The maximum absolute atomic E-state index is 12.1. The van der Waals surface area contributed by atoms with Gasteiger partial charge in [0.05, 0.1) is 5.75 Å². The van der Waals surface area contributed by atoms with E-state index in [1.54, 1.807) is 11.8 Å². The van der Waals surface area contributed by atoms with Crippen LogP contribution >= 0.6 is 11.8 Å². The Hall–Kier alpha value is -1.11. The third-order valence-corrected chi connectivity index (χ3v) is 5.07. The molecule has 112 valence electrons. The number of hydrogen-bond acceptors (Lipinski definition) is 5. The molecule has 0 saturated heterocycles. The Kier molecular flexibility index (Phi) is 6.29. The normalized spacial score (nSPS) is 17.9. The number of aromatic amines is 1. The molecule has 6 nitrogen and oxygen atoms in total. The van der Waals surface area contributed by atoms with Crippen molar-refractivity contribution in [2.45, 2.75) is 68.9 Å². The van der Waals surface area contributed by atoms with Crippen LogP contribution in [0.4, 0.5) is 0 Å². The Morgan fingerprint density at radius 3 is 2.90 bits per heavy atom. The largest absolute Gasteiger partial charge is 0.353 e. The highest BCUT2D eigenvalue weighted by Gasteiger charge is 2.18. The molecule has 0 bridgehead atoms. The van der Waals surface area contributed by atoms with Crippen molar-refractivity contribution in [1.82, 2.24) is 25.9 Å². The van der Waals surface area contributed by atoms with Gasteiger partial charge >= 0.3 is 0 Å². The van der Waals surface area contributed by atoms with E-state index in [0.717, 1.165) is 19.3 Å². The molecule has 1 heterocycles. The predicted octanol–water partition coefficient (Wildman–Crippen LogP) is 2.05. The van der Waals surface area contributed by atoms with E-state index in [-0.39, 0.29) is 5.91 Å². The van der Waals surface area contributed by atoms with Crippen molar-refractivity contribution >= 4 is 17.7 Å². The van der Waals surface area contributed by atoms with Gasteiger partial charge in [0, 0.05) is 17.7 Å². The maximum atomic E-state index is 12.1. The quantitative estimate of drug-likeness (QED) is 0.804. The number of hydrogen-bond donors (Lipinski definition) is 2. The SMILES string of the molecule is CCC(CC(=O)NC1CCCCC1)SCc1nn[nH]n1. The molecule has 1 aliphatic carbocycles. The summed E-state index contributed by atoms with van der Waals surface area (Å²) in [6.07, 6.45) is 7.63. The highest BCUT2D eigenvalue weighted by Crippen LogP contribution is 2.22. The molecule has 7 heteroatoms. The van der Waals surface area contributed by atoms with Crippen molar-refractivity contribution in [2.75, 3.05) is 0 Å². The second-order valence-electron chi connectivity index (χ2n) is 5.28. The third-order valence-electron chi connectivity index (χ3n) is 3.68. The topological polar surface area (TPSA) is 83.6 Å². The van der Waals surface area contributed by atoms with E-state index < -0.39 is 0 Å². The number of tetrazole rings is 1. The van der Waals surface area contributed by atoms with Gasteiger partial charge < -0.3 is 5.32 Å². The average Bonchev–Trinajstić information content (AvgIpc) is 2.97. The summed E-state index contributed by atoms with van der Waals surface area (Å²) in [5, 5.41) is 17.3. The summed E-state index contributed by atoms with van der Waals surface area (Å²) in [6.45, 7) is 2.11. The van der Waals surface area contributed by atoms with Crippen LogP contribution in [0.1, 0.15) is 57.7 Å². The molecule has 2 rings (SSSR count). The fourth-order valence-electron chi connectivity index (χ4n) is 2.50. The summed E-state index contributed by atoms with van der Waals surface area (Å²) in [7, 11) is 0. The Labute approximate surface area is 123 Å². The van der Waals surface area contributed by atoms with Crippen molar-refractivity contribution in [3.8, 4) is 0 Å². The number of aromatic nitrogens is 4. The molecule has 0 spiro atoms. The number of carbonyl (C=O) groups excluding carboxylic acids is 1. The zero-order valence-corrected chi connectivity index (χ0v) is 12.8. The zero-order chi connectivity index (χ0) is 14.2. The summed E-state index contributed by atoms with van der Waals surface area (Å²) < 4.78 is 0. The smallest absolute Gasteiger partial charge is 0.221 e. The second kappa shape index (κ2) is 8.24. The number of carbonyl (C=O) groups is 1. The summed E-state index contributed by atoms with van der Waals surface area (Å²) in [4.78, 5) is 12.1. The van der Waals surface area contributed by atoms with Crippen LogP contribution in [0.5, 0.6) is 0 Å². The molecule has 1 amide bonds. The van der Waals surface area contributed by atoms with Crippen LogP contribution < -0.4 is 5.32 Å². The van der Waals surface area contributed by atoms with Gasteiger partial charge in [0.15, 0.2) is 5.82 Å². The second-order valence-corrected chi connectivity index (χ2v) is 6.56. The lowest BCUT2D eigenvalue weighted by Crippen LogP contribution is -2.37. The summed E-state index contributed by atoms with van der Waals surface area (Å²) in [5.74, 6) is 1.58. The Bertz CT molecular complexity index is 391. The molecule has 1 atom stereocenters. The van der Waals surface area contributed by atoms with Gasteiger partial charge in [0.1, 0.15) is 0 Å². The first-order valence-corrected chi connectivity index (χ1v) is 8.46. The van der Waals surface area contributed by atoms with E-state index >= 15 is 0 Å². The third kappa shape index (κ3) is 5.11. The molecule has 0 aromatic carbocycles. The number of nitrogens with zero attached hydrogens (tertiary/aromatic N) is 3. The highest BCUT2D eigenvalue weighted by molar-refractivity contribution is 7.99. The van der Waals surface area contributed by atoms with Crippen LogP contribution in [-0.2, 0) is 10.5 Å². The standard InChI is InChI=1S/C13H23N5OS/c1-2-11(20-9-12-15-17-18-16-12)8-13(19)14-10-6-4-3-5-7-10/h10-11H,2-9H2,1H3,(H,14,19)(H,15,16,17,18). The van der Waals surface area contributed by atoms with E-state index in [2.05, 4.69) is 32.9 Å². The van der Waals surface area contributed by atoms with Crippen LogP contribution in [0, 0.1) is 0 Å². The molecular weight excluding hydrogens is 274 g/mol. The van der Waals surface area contributed by atoms with Crippen LogP contribution in [0.15, 0.2) is 0 Å². The molecular formula is C13H23N5OS. The molecule has 1 saturated carbocycles. The molecule has 0 aliphatic heterocycles. The van der Waals surface area contributed by atoms with Crippen LogP contribution in [0.2, 0.25) is 0 Å². The van der Waals surface area contributed by atoms with Gasteiger partial charge in [-0.1, -0.05) is 31.4 Å². The van der Waals surface area contributed by atoms with Crippen molar-refractivity contribution in [3.63, 3.8) is 0 Å². The number of amides is 1. The lowest BCUT2D eigenvalue weighted by atomic mass is 9.95. The average molecular weight is 297 g/mol. The Morgan fingerprint density at radius 2 is 2.25 bits per heavy atom. The molecule has 1 unspecified atom stereocenters. The van der Waals surface area contributed by atoms with Gasteiger partial charge in [-0.15, -0.1) is 22.0 Å². The zero-order valence-electron chi connectivity index (χ0n) is 12.0. The Balaban J connectivity index is 1.69.